The molecule has 5 rings (SSSR count). The first-order valence-corrected chi connectivity index (χ1v) is 11.4. The van der Waals surface area contributed by atoms with E-state index in [0.717, 1.165) is 22.9 Å². The second-order valence-electron chi connectivity index (χ2n) is 8.30. The largest absolute Gasteiger partial charge is 0.490 e. The smallest absolute Gasteiger partial charge is 0.251 e. The van der Waals surface area contributed by atoms with Gasteiger partial charge in [0, 0.05) is 47.3 Å². The number of halogens is 1. The minimum atomic E-state index is -0.886. The van der Waals surface area contributed by atoms with Crippen LogP contribution in [0, 0.1) is 5.82 Å². The molecule has 0 unspecified atom stereocenters. The third kappa shape index (κ3) is 5.11. The number of anilines is 1. The fraction of sp³-hybridized carbons (Fsp3) is 0.185. The molecule has 0 bridgehead atoms. The van der Waals surface area contributed by atoms with E-state index in [4.69, 9.17) is 9.47 Å². The molecule has 1 aromatic heterocycles. The Balaban J connectivity index is 1.39. The van der Waals surface area contributed by atoms with Crippen LogP contribution in [0.2, 0.25) is 0 Å². The van der Waals surface area contributed by atoms with Gasteiger partial charge in [0.1, 0.15) is 11.9 Å². The lowest BCUT2D eigenvalue weighted by Crippen LogP contribution is -2.45. The van der Waals surface area contributed by atoms with Crippen molar-refractivity contribution in [2.75, 3.05) is 18.5 Å². The highest BCUT2D eigenvalue weighted by Gasteiger charge is 2.24. The first-order valence-electron chi connectivity index (χ1n) is 11.4. The van der Waals surface area contributed by atoms with Crippen LogP contribution in [0.1, 0.15) is 22.3 Å². The van der Waals surface area contributed by atoms with Crippen molar-refractivity contribution in [3.63, 3.8) is 0 Å². The van der Waals surface area contributed by atoms with Gasteiger partial charge in [-0.15, -0.1) is 0 Å². The van der Waals surface area contributed by atoms with Gasteiger partial charge in [-0.2, -0.15) is 0 Å². The molecule has 35 heavy (non-hydrogen) atoms. The van der Waals surface area contributed by atoms with Gasteiger partial charge in [0.15, 0.2) is 11.5 Å². The highest BCUT2D eigenvalue weighted by molar-refractivity contribution is 6.01. The van der Waals surface area contributed by atoms with Crippen molar-refractivity contribution < 1.29 is 23.5 Å². The van der Waals surface area contributed by atoms with Crippen LogP contribution in [-0.2, 0) is 11.2 Å². The lowest BCUT2D eigenvalue weighted by Gasteiger charge is -2.19. The Morgan fingerprint density at radius 3 is 2.57 bits per heavy atom. The van der Waals surface area contributed by atoms with E-state index in [2.05, 4.69) is 15.6 Å². The fourth-order valence-electron chi connectivity index (χ4n) is 4.04. The van der Waals surface area contributed by atoms with Gasteiger partial charge in [0.05, 0.1) is 13.2 Å². The van der Waals surface area contributed by atoms with Crippen LogP contribution in [0.15, 0.2) is 72.9 Å². The topological polar surface area (TPSA) is 92.5 Å². The number of aromatic nitrogens is 1. The fourth-order valence-corrected chi connectivity index (χ4v) is 4.04. The molecule has 7 nitrogen and oxygen atoms in total. The lowest BCUT2D eigenvalue weighted by molar-refractivity contribution is -0.118. The number of rotatable bonds is 6. The average molecular weight is 474 g/mol. The van der Waals surface area contributed by atoms with E-state index in [9.17, 15) is 14.0 Å². The number of para-hydroxylation sites is 1. The number of amides is 2. The van der Waals surface area contributed by atoms with Crippen molar-refractivity contribution in [2.45, 2.75) is 18.9 Å². The maximum absolute atomic E-state index is 13.4. The Morgan fingerprint density at radius 1 is 0.971 bits per heavy atom. The first-order chi connectivity index (χ1) is 17.1. The monoisotopic (exact) mass is 473 g/mol. The maximum Gasteiger partial charge on any atom is 0.251 e. The normalized spacial score (nSPS) is 13.6. The summed E-state index contributed by atoms with van der Waals surface area (Å²) >= 11 is 0. The van der Waals surface area contributed by atoms with Gasteiger partial charge >= 0.3 is 0 Å². The summed E-state index contributed by atoms with van der Waals surface area (Å²) in [6.07, 6.45) is 2.87. The second-order valence-corrected chi connectivity index (χ2v) is 8.30. The van der Waals surface area contributed by atoms with Crippen molar-refractivity contribution in [1.82, 2.24) is 10.3 Å². The maximum atomic E-state index is 13.4. The van der Waals surface area contributed by atoms with Gasteiger partial charge in [0.25, 0.3) is 5.91 Å². The van der Waals surface area contributed by atoms with Crippen molar-refractivity contribution in [2.24, 2.45) is 0 Å². The van der Waals surface area contributed by atoms with Gasteiger partial charge < -0.3 is 25.1 Å². The molecule has 3 N–H and O–H groups in total. The molecule has 1 aliphatic rings. The molecule has 1 atom stereocenters. The van der Waals surface area contributed by atoms with Crippen LogP contribution in [0.4, 0.5) is 10.1 Å². The number of carbonyl (C=O) groups excluding carboxylic acids is 2. The quantitative estimate of drug-likeness (QED) is 0.386. The predicted molar refractivity (Wildman–Crippen MR) is 130 cm³/mol. The van der Waals surface area contributed by atoms with E-state index >= 15 is 0 Å². The Bertz CT molecular complexity index is 1370. The van der Waals surface area contributed by atoms with Gasteiger partial charge in [-0.3, -0.25) is 9.59 Å². The molecule has 2 heterocycles. The van der Waals surface area contributed by atoms with Gasteiger partial charge in [0.2, 0.25) is 5.91 Å². The molecule has 0 saturated heterocycles. The molecule has 0 radical (unpaired) electrons. The van der Waals surface area contributed by atoms with Crippen LogP contribution in [-0.4, -0.2) is 36.1 Å². The molecule has 4 aromatic rings. The Kier molecular flexibility index (Phi) is 6.34. The number of benzene rings is 3. The third-order valence-electron chi connectivity index (χ3n) is 5.84. The van der Waals surface area contributed by atoms with E-state index in [0.29, 0.717) is 30.4 Å². The highest BCUT2D eigenvalue weighted by Crippen LogP contribution is 2.32. The standard InChI is InChI=1S/C27H24FN3O4/c28-19-8-6-17(7-9-19)26(32)31-23(14-18-16-29-22-5-2-1-4-21(18)22)27(33)30-20-10-11-24-25(15-20)35-13-3-12-34-24/h1-2,4-11,15-16,23,29H,3,12-14H2,(H,30,33)(H,31,32)/t23-/m1/s1. The first kappa shape index (κ1) is 22.5. The minimum absolute atomic E-state index is 0.257. The second kappa shape index (κ2) is 9.89. The highest BCUT2D eigenvalue weighted by atomic mass is 19.1. The van der Waals surface area contributed by atoms with Crippen LogP contribution in [0.5, 0.6) is 11.5 Å². The average Bonchev–Trinajstić information content (AvgIpc) is 3.12. The van der Waals surface area contributed by atoms with Crippen LogP contribution in [0.3, 0.4) is 0 Å². The summed E-state index contributed by atoms with van der Waals surface area (Å²) in [5.74, 6) is -0.114. The van der Waals surface area contributed by atoms with Gasteiger partial charge in [-0.05, 0) is 48.0 Å². The van der Waals surface area contributed by atoms with E-state index < -0.39 is 17.8 Å². The Hall–Kier alpha value is -4.33. The summed E-state index contributed by atoms with van der Waals surface area (Å²) in [5, 5.41) is 6.65. The molecule has 2 amide bonds. The van der Waals surface area contributed by atoms with Crippen LogP contribution < -0.4 is 20.1 Å². The number of hydrogen-bond donors (Lipinski definition) is 3. The summed E-state index contributed by atoms with van der Waals surface area (Å²) in [7, 11) is 0. The molecule has 178 valence electrons. The minimum Gasteiger partial charge on any atom is -0.490 e. The molecular weight excluding hydrogens is 449 g/mol. The molecule has 1 aliphatic heterocycles. The number of fused-ring (bicyclic) bond motifs is 2. The molecule has 3 aromatic carbocycles. The summed E-state index contributed by atoms with van der Waals surface area (Å²) in [6.45, 7) is 1.10. The van der Waals surface area contributed by atoms with Crippen molar-refractivity contribution >= 4 is 28.4 Å². The zero-order chi connectivity index (χ0) is 24.2. The van der Waals surface area contributed by atoms with Crippen LogP contribution >= 0.6 is 0 Å². The summed E-state index contributed by atoms with van der Waals surface area (Å²) in [5.41, 5.74) is 2.62. The van der Waals surface area contributed by atoms with Gasteiger partial charge in [-0.25, -0.2) is 4.39 Å². The zero-order valence-corrected chi connectivity index (χ0v) is 18.8. The number of hydrogen-bond acceptors (Lipinski definition) is 4. The predicted octanol–water partition coefficient (Wildman–Crippen LogP) is 4.45. The molecule has 0 aliphatic carbocycles. The van der Waals surface area contributed by atoms with E-state index in [1.165, 1.54) is 24.3 Å². The molecular formula is C27H24FN3O4. The summed E-state index contributed by atoms with van der Waals surface area (Å²) in [4.78, 5) is 29.4. The van der Waals surface area contributed by atoms with E-state index in [-0.39, 0.29) is 17.9 Å². The summed E-state index contributed by atoms with van der Waals surface area (Å²) < 4.78 is 24.7. The zero-order valence-electron chi connectivity index (χ0n) is 18.8. The van der Waals surface area contributed by atoms with Crippen molar-refractivity contribution in [3.8, 4) is 11.5 Å². The SMILES string of the molecule is O=C(N[C@H](Cc1c[nH]c2ccccc12)C(=O)Nc1ccc2c(c1)OCCCO2)c1ccc(F)cc1. The van der Waals surface area contributed by atoms with Crippen LogP contribution in [0.25, 0.3) is 10.9 Å². The molecule has 0 saturated carbocycles. The lowest BCUT2D eigenvalue weighted by atomic mass is 10.0. The molecule has 0 fully saturated rings. The number of ether oxygens (including phenoxy) is 2. The van der Waals surface area contributed by atoms with E-state index in [1.54, 1.807) is 18.2 Å². The molecule has 0 spiro atoms. The number of carbonyl (C=O) groups is 2. The molecule has 8 heteroatoms. The number of nitrogens with one attached hydrogen (secondary N) is 3. The van der Waals surface area contributed by atoms with Crippen molar-refractivity contribution in [1.29, 1.82) is 0 Å². The summed E-state index contributed by atoms with van der Waals surface area (Å²) in [6, 6.07) is 17.2. The Labute approximate surface area is 201 Å². The van der Waals surface area contributed by atoms with Crippen molar-refractivity contribution in [3.05, 3.63) is 89.9 Å². The Morgan fingerprint density at radius 2 is 1.74 bits per heavy atom. The van der Waals surface area contributed by atoms with E-state index in [1.807, 2.05) is 30.5 Å². The third-order valence-corrected chi connectivity index (χ3v) is 5.84. The number of H-pyrrole nitrogens is 1. The van der Waals surface area contributed by atoms with Gasteiger partial charge in [-0.1, -0.05) is 18.2 Å². The number of aromatic amines is 1.